The fourth-order valence-electron chi connectivity index (χ4n) is 3.89. The van der Waals surface area contributed by atoms with Crippen molar-refractivity contribution < 1.29 is 32.5 Å². The minimum Gasteiger partial charge on any atom is -0.452 e. The standard InChI is InChI=1S/C30H25F3O4/c31-30(32,33)25-18-16-21(17-19-25)20-36-27(23-12-6-2-7-13-23)28(24-14-8-3-9-15-24)37-29(35)26(34)22-10-4-1-5-11-22/h1-19,26-28,34H,20H2/t26-,27-,28-/m1/s1. The van der Waals surface area contributed by atoms with Gasteiger partial charge in [0.25, 0.3) is 0 Å². The quantitative estimate of drug-likeness (QED) is 0.249. The van der Waals surface area contributed by atoms with E-state index in [1.54, 1.807) is 54.6 Å². The first kappa shape index (κ1) is 26.1. The Morgan fingerprint density at radius 2 is 1.14 bits per heavy atom. The molecule has 3 atom stereocenters. The average Bonchev–Trinajstić information content (AvgIpc) is 2.93. The highest BCUT2D eigenvalue weighted by molar-refractivity contribution is 5.76. The number of halogens is 3. The molecule has 0 saturated heterocycles. The first-order chi connectivity index (χ1) is 17.8. The Balaban J connectivity index is 1.63. The second-order valence-corrected chi connectivity index (χ2v) is 8.42. The van der Waals surface area contributed by atoms with Crippen LogP contribution in [0.3, 0.4) is 0 Å². The summed E-state index contributed by atoms with van der Waals surface area (Å²) in [7, 11) is 0. The third kappa shape index (κ3) is 6.84. The molecular formula is C30H25F3O4. The van der Waals surface area contributed by atoms with Gasteiger partial charge in [-0.3, -0.25) is 0 Å². The molecule has 4 nitrogen and oxygen atoms in total. The second-order valence-electron chi connectivity index (χ2n) is 8.42. The highest BCUT2D eigenvalue weighted by atomic mass is 19.4. The van der Waals surface area contributed by atoms with Crippen LogP contribution in [0.15, 0.2) is 115 Å². The maximum atomic E-state index is 13.0. The lowest BCUT2D eigenvalue weighted by Crippen LogP contribution is -2.24. The topological polar surface area (TPSA) is 55.8 Å². The van der Waals surface area contributed by atoms with Crippen LogP contribution in [0.25, 0.3) is 0 Å². The molecule has 0 heterocycles. The van der Waals surface area contributed by atoms with E-state index in [1.807, 2.05) is 36.4 Å². The summed E-state index contributed by atoms with van der Waals surface area (Å²) in [6.07, 6.45) is -7.68. The molecule has 0 aliphatic heterocycles. The van der Waals surface area contributed by atoms with Crippen LogP contribution in [0.4, 0.5) is 13.2 Å². The summed E-state index contributed by atoms with van der Waals surface area (Å²) < 4.78 is 50.9. The highest BCUT2D eigenvalue weighted by Crippen LogP contribution is 2.37. The minimum absolute atomic E-state index is 0.0280. The van der Waals surface area contributed by atoms with Crippen molar-refractivity contribution in [2.75, 3.05) is 0 Å². The summed E-state index contributed by atoms with van der Waals surface area (Å²) >= 11 is 0. The third-order valence-electron chi connectivity index (χ3n) is 5.82. The molecule has 0 saturated carbocycles. The molecule has 0 unspecified atom stereocenters. The van der Waals surface area contributed by atoms with E-state index >= 15 is 0 Å². The van der Waals surface area contributed by atoms with Gasteiger partial charge in [0.05, 0.1) is 12.2 Å². The van der Waals surface area contributed by atoms with E-state index in [1.165, 1.54) is 12.1 Å². The monoisotopic (exact) mass is 506 g/mol. The summed E-state index contributed by atoms with van der Waals surface area (Å²) in [4.78, 5) is 13.0. The van der Waals surface area contributed by atoms with Crippen LogP contribution in [0.5, 0.6) is 0 Å². The van der Waals surface area contributed by atoms with Gasteiger partial charge in [-0.15, -0.1) is 0 Å². The van der Waals surface area contributed by atoms with Crippen molar-refractivity contribution in [3.05, 3.63) is 143 Å². The van der Waals surface area contributed by atoms with Crippen LogP contribution in [0.2, 0.25) is 0 Å². The molecule has 0 amide bonds. The summed E-state index contributed by atoms with van der Waals surface area (Å²) in [5.41, 5.74) is 1.50. The predicted octanol–water partition coefficient (Wildman–Crippen LogP) is 6.98. The molecule has 37 heavy (non-hydrogen) atoms. The largest absolute Gasteiger partial charge is 0.452 e. The van der Waals surface area contributed by atoms with E-state index in [0.717, 1.165) is 12.1 Å². The van der Waals surface area contributed by atoms with E-state index in [4.69, 9.17) is 9.47 Å². The van der Waals surface area contributed by atoms with Crippen molar-refractivity contribution in [1.29, 1.82) is 0 Å². The number of alkyl halides is 3. The van der Waals surface area contributed by atoms with Gasteiger partial charge in [-0.25, -0.2) is 4.79 Å². The average molecular weight is 507 g/mol. The van der Waals surface area contributed by atoms with Crippen LogP contribution in [0, 0.1) is 0 Å². The molecule has 190 valence electrons. The number of hydrogen-bond donors (Lipinski definition) is 1. The van der Waals surface area contributed by atoms with Crippen molar-refractivity contribution in [3.63, 3.8) is 0 Å². The number of aliphatic hydroxyl groups is 1. The number of rotatable bonds is 9. The van der Waals surface area contributed by atoms with Gasteiger partial charge in [0.2, 0.25) is 0 Å². The number of esters is 1. The first-order valence-electron chi connectivity index (χ1n) is 11.6. The Morgan fingerprint density at radius 3 is 1.62 bits per heavy atom. The van der Waals surface area contributed by atoms with Crippen LogP contribution < -0.4 is 0 Å². The van der Waals surface area contributed by atoms with Gasteiger partial charge >= 0.3 is 12.1 Å². The second kappa shape index (κ2) is 11.9. The van der Waals surface area contributed by atoms with Crippen molar-refractivity contribution in [2.24, 2.45) is 0 Å². The number of hydrogen-bond acceptors (Lipinski definition) is 4. The molecule has 0 aliphatic carbocycles. The van der Waals surface area contributed by atoms with Gasteiger partial charge in [-0.1, -0.05) is 103 Å². The molecule has 7 heteroatoms. The smallest absolute Gasteiger partial charge is 0.416 e. The first-order valence-corrected chi connectivity index (χ1v) is 11.6. The Labute approximate surface area is 212 Å². The van der Waals surface area contributed by atoms with Crippen LogP contribution in [-0.4, -0.2) is 11.1 Å². The lowest BCUT2D eigenvalue weighted by Gasteiger charge is -2.29. The van der Waals surface area contributed by atoms with E-state index in [0.29, 0.717) is 22.3 Å². The lowest BCUT2D eigenvalue weighted by molar-refractivity contribution is -0.170. The lowest BCUT2D eigenvalue weighted by atomic mass is 9.97. The number of aliphatic hydroxyl groups excluding tert-OH is 1. The molecule has 0 bridgehead atoms. The van der Waals surface area contributed by atoms with Crippen molar-refractivity contribution in [3.8, 4) is 0 Å². The van der Waals surface area contributed by atoms with Crippen molar-refractivity contribution >= 4 is 5.97 Å². The zero-order chi connectivity index (χ0) is 26.3. The molecule has 0 spiro atoms. The molecule has 0 fully saturated rings. The molecule has 4 rings (SSSR count). The summed E-state index contributed by atoms with van der Waals surface area (Å²) in [6.45, 7) is -0.0280. The van der Waals surface area contributed by atoms with E-state index in [9.17, 15) is 23.1 Å². The van der Waals surface area contributed by atoms with E-state index < -0.39 is 36.0 Å². The molecule has 0 aliphatic rings. The van der Waals surface area contributed by atoms with E-state index in [2.05, 4.69) is 0 Å². The molecule has 1 N–H and O–H groups in total. The van der Waals surface area contributed by atoms with Gasteiger partial charge in [0, 0.05) is 0 Å². The number of carbonyl (C=O) groups excluding carboxylic acids is 1. The van der Waals surface area contributed by atoms with Crippen LogP contribution in [-0.2, 0) is 27.1 Å². The molecule has 0 aromatic heterocycles. The fraction of sp³-hybridized carbons (Fsp3) is 0.167. The minimum atomic E-state index is -4.43. The maximum Gasteiger partial charge on any atom is 0.416 e. The van der Waals surface area contributed by atoms with Gasteiger partial charge in [-0.2, -0.15) is 13.2 Å². The summed E-state index contributed by atoms with van der Waals surface area (Å²) in [5.74, 6) is -0.848. The van der Waals surface area contributed by atoms with Gasteiger partial charge in [-0.05, 0) is 34.4 Å². The molecule has 4 aromatic rings. The van der Waals surface area contributed by atoms with Crippen LogP contribution in [0.1, 0.15) is 46.1 Å². The number of ether oxygens (including phenoxy) is 2. The molecule has 4 aromatic carbocycles. The van der Waals surface area contributed by atoms with Gasteiger partial charge in [0.1, 0.15) is 6.10 Å². The highest BCUT2D eigenvalue weighted by Gasteiger charge is 2.33. The zero-order valence-electron chi connectivity index (χ0n) is 19.7. The SMILES string of the molecule is O=C(O[C@H](c1ccccc1)[C@H](OCc1ccc(C(F)(F)F)cc1)c1ccccc1)[C@H](O)c1ccccc1. The molecular weight excluding hydrogens is 481 g/mol. The Hall–Kier alpha value is -3.94. The van der Waals surface area contributed by atoms with Gasteiger partial charge < -0.3 is 14.6 Å². The fourth-order valence-corrected chi connectivity index (χ4v) is 3.89. The van der Waals surface area contributed by atoms with Gasteiger partial charge in [0.15, 0.2) is 12.2 Å². The third-order valence-corrected chi connectivity index (χ3v) is 5.82. The zero-order valence-corrected chi connectivity index (χ0v) is 19.7. The Kier molecular flexibility index (Phi) is 8.38. The molecule has 0 radical (unpaired) electrons. The van der Waals surface area contributed by atoms with Crippen LogP contribution >= 0.6 is 0 Å². The Morgan fingerprint density at radius 1 is 0.676 bits per heavy atom. The summed E-state index contributed by atoms with van der Waals surface area (Å²) in [6, 6.07) is 31.2. The van der Waals surface area contributed by atoms with Crippen molar-refractivity contribution in [1.82, 2.24) is 0 Å². The Bertz CT molecular complexity index is 1260. The van der Waals surface area contributed by atoms with Crippen molar-refractivity contribution in [2.45, 2.75) is 31.1 Å². The predicted molar refractivity (Wildman–Crippen MR) is 132 cm³/mol. The number of benzene rings is 4. The maximum absolute atomic E-state index is 13.0. The van der Waals surface area contributed by atoms with E-state index in [-0.39, 0.29) is 6.61 Å². The summed E-state index contributed by atoms with van der Waals surface area (Å²) in [5, 5.41) is 10.6. The number of carbonyl (C=O) groups is 1. The normalized spacial score (nSPS) is 13.9.